The monoisotopic (exact) mass is 435 g/mol. The topological polar surface area (TPSA) is 78.9 Å². The van der Waals surface area contributed by atoms with Crippen molar-refractivity contribution in [3.8, 4) is 5.75 Å². The molecule has 1 N–H and O–H groups in total. The van der Waals surface area contributed by atoms with Gasteiger partial charge in [0.15, 0.2) is 6.10 Å². The summed E-state index contributed by atoms with van der Waals surface area (Å²) in [6, 6.07) is 15.4. The average molecular weight is 436 g/mol. The Morgan fingerprint density at radius 1 is 1.07 bits per heavy atom. The molecule has 162 valence electrons. The number of carbonyl (C=O) groups is 1. The van der Waals surface area contributed by atoms with Gasteiger partial charge in [0.05, 0.1) is 11.4 Å². The second-order valence-electron chi connectivity index (χ2n) is 7.02. The molecule has 0 spiro atoms. The molecule has 2 aromatic rings. The summed E-state index contributed by atoms with van der Waals surface area (Å²) in [7, 11) is -3.52. The minimum Gasteiger partial charge on any atom is -0.481 e. The van der Waals surface area contributed by atoms with Gasteiger partial charge in [0.1, 0.15) is 11.6 Å². The molecule has 0 bridgehead atoms. The molecule has 2 aromatic carbocycles. The van der Waals surface area contributed by atoms with E-state index < -0.39 is 16.1 Å². The summed E-state index contributed by atoms with van der Waals surface area (Å²) in [6.45, 7) is 2.98. The van der Waals surface area contributed by atoms with Crippen molar-refractivity contribution >= 4 is 21.6 Å². The predicted octanol–water partition coefficient (Wildman–Crippen LogP) is 1.86. The van der Waals surface area contributed by atoms with Crippen LogP contribution in [0, 0.1) is 5.82 Å². The van der Waals surface area contributed by atoms with E-state index in [4.69, 9.17) is 4.74 Å². The highest BCUT2D eigenvalue weighted by Gasteiger charge is 2.28. The normalized spacial score (nSPS) is 16.1. The lowest BCUT2D eigenvalue weighted by atomic mass is 10.2. The Morgan fingerprint density at radius 2 is 1.70 bits per heavy atom. The van der Waals surface area contributed by atoms with E-state index in [1.54, 1.807) is 49.4 Å². The first-order valence-corrected chi connectivity index (χ1v) is 11.4. The molecule has 0 saturated carbocycles. The number of sulfonamides is 1. The zero-order valence-corrected chi connectivity index (χ0v) is 17.6. The van der Waals surface area contributed by atoms with Gasteiger partial charge in [0, 0.05) is 32.7 Å². The van der Waals surface area contributed by atoms with Crippen molar-refractivity contribution in [2.24, 2.45) is 0 Å². The number of ether oxygens (including phenoxy) is 1. The van der Waals surface area contributed by atoms with Crippen molar-refractivity contribution < 1.29 is 22.3 Å². The van der Waals surface area contributed by atoms with Crippen LogP contribution in [0.3, 0.4) is 0 Å². The molecular weight excluding hydrogens is 409 g/mol. The highest BCUT2D eigenvalue weighted by Crippen LogP contribution is 2.21. The molecule has 30 heavy (non-hydrogen) atoms. The van der Waals surface area contributed by atoms with E-state index in [1.165, 1.54) is 10.4 Å². The van der Waals surface area contributed by atoms with Gasteiger partial charge in [0.25, 0.3) is 5.91 Å². The number of nitrogens with one attached hydrogen (secondary N) is 1. The third kappa shape index (κ3) is 5.70. The largest absolute Gasteiger partial charge is 0.481 e. The summed E-state index contributed by atoms with van der Waals surface area (Å²) in [6.07, 6.45) is -0.737. The molecule has 1 atom stereocenters. The zero-order valence-electron chi connectivity index (χ0n) is 16.8. The number of piperazine rings is 1. The maximum Gasteiger partial charge on any atom is 0.260 e. The minimum absolute atomic E-state index is 0.00279. The number of rotatable bonds is 8. The molecule has 0 aliphatic carbocycles. The summed E-state index contributed by atoms with van der Waals surface area (Å²) in [5, 5.41) is 2.61. The molecule has 1 saturated heterocycles. The minimum atomic E-state index is -3.52. The summed E-state index contributed by atoms with van der Waals surface area (Å²) in [5.74, 6) is -0.321. The third-order valence-electron chi connectivity index (χ3n) is 4.91. The molecule has 1 fully saturated rings. The van der Waals surface area contributed by atoms with Crippen LogP contribution in [0.4, 0.5) is 10.1 Å². The number of carbonyl (C=O) groups excluding carboxylic acids is 1. The summed E-state index contributed by atoms with van der Waals surface area (Å²) in [4.78, 5) is 14.0. The lowest BCUT2D eigenvalue weighted by Crippen LogP contribution is -2.50. The molecule has 1 aliphatic heterocycles. The van der Waals surface area contributed by atoms with Crippen molar-refractivity contribution in [3.05, 3.63) is 60.4 Å². The first-order chi connectivity index (χ1) is 14.4. The Labute approximate surface area is 176 Å². The van der Waals surface area contributed by atoms with Crippen LogP contribution in [0.1, 0.15) is 6.92 Å². The van der Waals surface area contributed by atoms with Crippen LogP contribution in [0.25, 0.3) is 0 Å². The third-order valence-corrected chi connectivity index (χ3v) is 6.78. The number of benzene rings is 2. The van der Waals surface area contributed by atoms with E-state index >= 15 is 0 Å². The molecule has 0 aromatic heterocycles. The molecule has 1 aliphatic rings. The fraction of sp³-hybridized carbons (Fsp3) is 0.381. The Balaban J connectivity index is 1.44. The van der Waals surface area contributed by atoms with Crippen molar-refractivity contribution in [2.45, 2.75) is 13.0 Å². The van der Waals surface area contributed by atoms with Gasteiger partial charge in [-0.2, -0.15) is 4.31 Å². The number of hydrogen-bond acceptors (Lipinski definition) is 5. The van der Waals surface area contributed by atoms with Crippen LogP contribution in [-0.2, 0) is 14.8 Å². The Morgan fingerprint density at radius 3 is 2.37 bits per heavy atom. The summed E-state index contributed by atoms with van der Waals surface area (Å²) < 4.78 is 46.0. The maximum atomic E-state index is 13.9. The quantitative estimate of drug-likeness (QED) is 0.685. The number of hydrogen-bond donors (Lipinski definition) is 1. The van der Waals surface area contributed by atoms with Crippen molar-refractivity contribution in [1.29, 1.82) is 0 Å². The second kappa shape index (κ2) is 9.90. The van der Waals surface area contributed by atoms with Gasteiger partial charge in [-0.15, -0.1) is 0 Å². The molecular formula is C21H26FN3O4S. The maximum absolute atomic E-state index is 13.9. The molecule has 3 rings (SSSR count). The van der Waals surface area contributed by atoms with Crippen molar-refractivity contribution in [1.82, 2.24) is 9.62 Å². The van der Waals surface area contributed by atoms with E-state index in [0.29, 0.717) is 24.5 Å². The van der Waals surface area contributed by atoms with E-state index in [9.17, 15) is 17.6 Å². The standard InChI is InChI=1S/C21H26FN3O4S/c1-17(29-18-7-3-2-4-8-18)21(26)23-11-16-30(27,28)25-14-12-24(13-15-25)20-10-6-5-9-19(20)22/h2-10,17H,11-16H2,1H3,(H,23,26). The first-order valence-electron chi connectivity index (χ1n) is 9.83. The van der Waals surface area contributed by atoms with Crippen LogP contribution in [-0.4, -0.2) is 63.2 Å². The van der Waals surface area contributed by atoms with Crippen LogP contribution < -0.4 is 15.0 Å². The van der Waals surface area contributed by atoms with Gasteiger partial charge in [-0.3, -0.25) is 4.79 Å². The molecule has 1 heterocycles. The van der Waals surface area contributed by atoms with Gasteiger partial charge >= 0.3 is 0 Å². The molecule has 7 nitrogen and oxygen atoms in total. The van der Waals surface area contributed by atoms with Gasteiger partial charge < -0.3 is 15.0 Å². The number of amides is 1. The summed E-state index contributed by atoms with van der Waals surface area (Å²) in [5.41, 5.74) is 0.481. The van der Waals surface area contributed by atoms with E-state index in [2.05, 4.69) is 5.32 Å². The Hall–Kier alpha value is -2.65. The second-order valence-corrected chi connectivity index (χ2v) is 9.11. The first kappa shape index (κ1) is 22.0. The number of nitrogens with zero attached hydrogens (tertiary/aromatic N) is 2. The van der Waals surface area contributed by atoms with Crippen LogP contribution in [0.15, 0.2) is 54.6 Å². The van der Waals surface area contributed by atoms with Crippen molar-refractivity contribution in [3.63, 3.8) is 0 Å². The van der Waals surface area contributed by atoms with Gasteiger partial charge in [0.2, 0.25) is 10.0 Å². The Kier molecular flexibility index (Phi) is 7.28. The molecule has 0 radical (unpaired) electrons. The fourth-order valence-corrected chi connectivity index (χ4v) is 4.59. The fourth-order valence-electron chi connectivity index (χ4n) is 3.25. The smallest absolute Gasteiger partial charge is 0.260 e. The van der Waals surface area contributed by atoms with E-state index in [0.717, 1.165) is 0 Å². The lowest BCUT2D eigenvalue weighted by molar-refractivity contribution is -0.127. The van der Waals surface area contributed by atoms with Gasteiger partial charge in [-0.05, 0) is 31.2 Å². The highest BCUT2D eigenvalue weighted by atomic mass is 32.2. The number of halogens is 1. The Bertz CT molecular complexity index is 948. The average Bonchev–Trinajstić information content (AvgIpc) is 2.74. The van der Waals surface area contributed by atoms with Crippen LogP contribution in [0.2, 0.25) is 0 Å². The van der Waals surface area contributed by atoms with Crippen LogP contribution in [0.5, 0.6) is 5.75 Å². The van der Waals surface area contributed by atoms with Gasteiger partial charge in [-0.25, -0.2) is 12.8 Å². The molecule has 9 heteroatoms. The highest BCUT2D eigenvalue weighted by molar-refractivity contribution is 7.89. The number of anilines is 1. The van der Waals surface area contributed by atoms with E-state index in [-0.39, 0.29) is 37.1 Å². The zero-order chi connectivity index (χ0) is 21.6. The van der Waals surface area contributed by atoms with E-state index in [1.807, 2.05) is 11.0 Å². The van der Waals surface area contributed by atoms with Crippen LogP contribution >= 0.6 is 0 Å². The molecule has 1 unspecified atom stereocenters. The predicted molar refractivity (Wildman–Crippen MR) is 114 cm³/mol. The molecule has 1 amide bonds. The van der Waals surface area contributed by atoms with Gasteiger partial charge in [-0.1, -0.05) is 30.3 Å². The number of para-hydroxylation sites is 2. The SMILES string of the molecule is CC(Oc1ccccc1)C(=O)NCCS(=O)(=O)N1CCN(c2ccccc2F)CC1. The summed E-state index contributed by atoms with van der Waals surface area (Å²) >= 11 is 0. The lowest BCUT2D eigenvalue weighted by Gasteiger charge is -2.35. The van der Waals surface area contributed by atoms with Crippen molar-refractivity contribution in [2.75, 3.05) is 43.4 Å².